The molecule has 7 heteroatoms. The molecule has 27 heavy (non-hydrogen) atoms. The molecular formula is C20H24N2O3S2. The number of sulfonamides is 1. The number of hydrogen-bond donors (Lipinski definition) is 1. The highest BCUT2D eigenvalue weighted by molar-refractivity contribution is 7.99. The van der Waals surface area contributed by atoms with Crippen molar-refractivity contribution < 1.29 is 13.2 Å². The molecule has 1 fully saturated rings. The number of amides is 1. The van der Waals surface area contributed by atoms with Crippen molar-refractivity contribution in [3.05, 3.63) is 54.6 Å². The molecule has 0 spiro atoms. The number of para-hydroxylation sites is 1. The SMILES string of the molecule is CCS(=O)(=O)N1CCC[C@H](C(=O)Nc2ccccc2Sc2ccccc2)C1. The number of carbonyl (C=O) groups excluding carboxylic acids is 1. The lowest BCUT2D eigenvalue weighted by molar-refractivity contribution is -0.120. The van der Waals surface area contributed by atoms with Crippen LogP contribution in [0.15, 0.2) is 64.4 Å². The number of hydrogen-bond acceptors (Lipinski definition) is 4. The Morgan fingerprint density at radius 1 is 1.15 bits per heavy atom. The Labute approximate surface area is 165 Å². The quantitative estimate of drug-likeness (QED) is 0.794. The molecule has 2 aromatic carbocycles. The maximum Gasteiger partial charge on any atom is 0.228 e. The van der Waals surface area contributed by atoms with E-state index in [1.165, 1.54) is 4.31 Å². The number of anilines is 1. The summed E-state index contributed by atoms with van der Waals surface area (Å²) in [6.45, 7) is 2.40. The average molecular weight is 405 g/mol. The van der Waals surface area contributed by atoms with Crippen LogP contribution in [-0.2, 0) is 14.8 Å². The second-order valence-corrected chi connectivity index (χ2v) is 9.87. The van der Waals surface area contributed by atoms with Crippen molar-refractivity contribution >= 4 is 33.4 Å². The van der Waals surface area contributed by atoms with Gasteiger partial charge in [0.15, 0.2) is 0 Å². The van der Waals surface area contributed by atoms with E-state index in [0.29, 0.717) is 19.4 Å². The molecule has 1 aliphatic heterocycles. The van der Waals surface area contributed by atoms with Gasteiger partial charge in [0, 0.05) is 22.9 Å². The van der Waals surface area contributed by atoms with Crippen LogP contribution in [0, 0.1) is 5.92 Å². The summed E-state index contributed by atoms with van der Waals surface area (Å²) >= 11 is 1.59. The number of rotatable bonds is 6. The van der Waals surface area contributed by atoms with Crippen LogP contribution in [0.5, 0.6) is 0 Å². The van der Waals surface area contributed by atoms with Crippen LogP contribution in [0.2, 0.25) is 0 Å². The minimum atomic E-state index is -3.26. The second kappa shape index (κ2) is 8.91. The maximum absolute atomic E-state index is 12.8. The number of nitrogens with one attached hydrogen (secondary N) is 1. The van der Waals surface area contributed by atoms with Crippen molar-refractivity contribution in [2.75, 3.05) is 24.2 Å². The number of nitrogens with zero attached hydrogens (tertiary/aromatic N) is 1. The molecular weight excluding hydrogens is 380 g/mol. The summed E-state index contributed by atoms with van der Waals surface area (Å²) < 4.78 is 25.7. The molecule has 0 radical (unpaired) electrons. The van der Waals surface area contributed by atoms with Gasteiger partial charge in [0.25, 0.3) is 0 Å². The zero-order valence-electron chi connectivity index (χ0n) is 15.3. The molecule has 2 aromatic rings. The van der Waals surface area contributed by atoms with E-state index in [1.54, 1.807) is 18.7 Å². The van der Waals surface area contributed by atoms with E-state index in [1.807, 2.05) is 54.6 Å². The summed E-state index contributed by atoms with van der Waals surface area (Å²) in [5, 5.41) is 3.01. The number of carbonyl (C=O) groups is 1. The Bertz CT molecular complexity index is 885. The van der Waals surface area contributed by atoms with Crippen LogP contribution in [0.3, 0.4) is 0 Å². The summed E-state index contributed by atoms with van der Waals surface area (Å²) in [4.78, 5) is 14.8. The zero-order chi connectivity index (χ0) is 19.3. The fourth-order valence-corrected chi connectivity index (χ4v) is 5.20. The van der Waals surface area contributed by atoms with E-state index in [0.717, 1.165) is 15.5 Å². The molecule has 1 atom stereocenters. The zero-order valence-corrected chi connectivity index (χ0v) is 16.9. The largest absolute Gasteiger partial charge is 0.325 e. The fraction of sp³-hybridized carbons (Fsp3) is 0.350. The van der Waals surface area contributed by atoms with E-state index in [-0.39, 0.29) is 24.1 Å². The van der Waals surface area contributed by atoms with E-state index >= 15 is 0 Å². The first-order valence-electron chi connectivity index (χ1n) is 9.10. The van der Waals surface area contributed by atoms with Crippen molar-refractivity contribution in [2.45, 2.75) is 29.6 Å². The molecule has 0 aliphatic carbocycles. The van der Waals surface area contributed by atoms with E-state index < -0.39 is 10.0 Å². The van der Waals surface area contributed by atoms with Gasteiger partial charge < -0.3 is 5.32 Å². The maximum atomic E-state index is 12.8. The predicted molar refractivity (Wildman–Crippen MR) is 109 cm³/mol. The molecule has 1 saturated heterocycles. The fourth-order valence-electron chi connectivity index (χ4n) is 3.10. The molecule has 3 rings (SSSR count). The predicted octanol–water partition coefficient (Wildman–Crippen LogP) is 3.84. The van der Waals surface area contributed by atoms with Gasteiger partial charge in [0.05, 0.1) is 17.4 Å². The molecule has 5 nitrogen and oxygen atoms in total. The van der Waals surface area contributed by atoms with E-state index in [4.69, 9.17) is 0 Å². The summed E-state index contributed by atoms with van der Waals surface area (Å²) in [5.41, 5.74) is 0.756. The smallest absolute Gasteiger partial charge is 0.228 e. The van der Waals surface area contributed by atoms with E-state index in [2.05, 4.69) is 5.32 Å². The summed E-state index contributed by atoms with van der Waals surface area (Å²) in [6, 6.07) is 17.7. The molecule has 0 unspecified atom stereocenters. The highest BCUT2D eigenvalue weighted by Gasteiger charge is 2.31. The molecule has 1 aliphatic rings. The second-order valence-electron chi connectivity index (χ2n) is 6.50. The molecule has 144 valence electrons. The lowest BCUT2D eigenvalue weighted by Crippen LogP contribution is -2.44. The lowest BCUT2D eigenvalue weighted by atomic mass is 9.99. The molecule has 1 amide bonds. The van der Waals surface area contributed by atoms with Gasteiger partial charge in [-0.25, -0.2) is 12.7 Å². The Morgan fingerprint density at radius 3 is 2.59 bits per heavy atom. The first kappa shape index (κ1) is 19.9. The molecule has 0 saturated carbocycles. The summed E-state index contributed by atoms with van der Waals surface area (Å²) in [6.07, 6.45) is 1.41. The summed E-state index contributed by atoms with van der Waals surface area (Å²) in [5.74, 6) is -0.375. The van der Waals surface area contributed by atoms with Gasteiger partial charge in [-0.05, 0) is 44.0 Å². The minimum Gasteiger partial charge on any atom is -0.325 e. The van der Waals surface area contributed by atoms with Crippen LogP contribution in [0.4, 0.5) is 5.69 Å². The topological polar surface area (TPSA) is 66.5 Å². The normalized spacial score (nSPS) is 18.2. The number of piperidine rings is 1. The first-order chi connectivity index (χ1) is 13.0. The third-order valence-electron chi connectivity index (χ3n) is 4.63. The number of benzene rings is 2. The average Bonchev–Trinajstić information content (AvgIpc) is 2.70. The Morgan fingerprint density at radius 2 is 1.85 bits per heavy atom. The third-order valence-corrected chi connectivity index (χ3v) is 7.56. The van der Waals surface area contributed by atoms with Crippen LogP contribution in [-0.4, -0.2) is 37.5 Å². The Kier molecular flexibility index (Phi) is 6.57. The van der Waals surface area contributed by atoms with Crippen molar-refractivity contribution in [1.29, 1.82) is 0 Å². The van der Waals surface area contributed by atoms with E-state index in [9.17, 15) is 13.2 Å². The molecule has 1 N–H and O–H groups in total. The highest BCUT2D eigenvalue weighted by atomic mass is 32.2. The van der Waals surface area contributed by atoms with Gasteiger partial charge in [-0.15, -0.1) is 0 Å². The monoisotopic (exact) mass is 404 g/mol. The van der Waals surface area contributed by atoms with Crippen LogP contribution < -0.4 is 5.32 Å². The molecule has 1 heterocycles. The van der Waals surface area contributed by atoms with Crippen LogP contribution in [0.25, 0.3) is 0 Å². The third kappa shape index (κ3) is 5.12. The van der Waals surface area contributed by atoms with Gasteiger partial charge >= 0.3 is 0 Å². The minimum absolute atomic E-state index is 0.0673. The van der Waals surface area contributed by atoms with Gasteiger partial charge in [-0.3, -0.25) is 4.79 Å². The Hall–Kier alpha value is -1.83. The van der Waals surface area contributed by atoms with Gasteiger partial charge in [-0.2, -0.15) is 0 Å². The van der Waals surface area contributed by atoms with Crippen molar-refractivity contribution in [2.24, 2.45) is 5.92 Å². The van der Waals surface area contributed by atoms with Crippen molar-refractivity contribution in [3.8, 4) is 0 Å². The van der Waals surface area contributed by atoms with Crippen molar-refractivity contribution in [1.82, 2.24) is 4.31 Å². The molecule has 0 bridgehead atoms. The molecule has 0 aromatic heterocycles. The van der Waals surface area contributed by atoms with Gasteiger partial charge in [-0.1, -0.05) is 42.1 Å². The lowest BCUT2D eigenvalue weighted by Gasteiger charge is -2.31. The highest BCUT2D eigenvalue weighted by Crippen LogP contribution is 2.33. The van der Waals surface area contributed by atoms with Crippen molar-refractivity contribution in [3.63, 3.8) is 0 Å². The first-order valence-corrected chi connectivity index (χ1v) is 11.5. The van der Waals surface area contributed by atoms with Gasteiger partial charge in [0.1, 0.15) is 0 Å². The Balaban J connectivity index is 1.71. The van der Waals surface area contributed by atoms with Gasteiger partial charge in [0.2, 0.25) is 15.9 Å². The van der Waals surface area contributed by atoms with Crippen LogP contribution in [0.1, 0.15) is 19.8 Å². The van der Waals surface area contributed by atoms with Crippen LogP contribution >= 0.6 is 11.8 Å². The standard InChI is InChI=1S/C20H24N2O3S2/c1-2-27(24,25)22-14-8-9-16(15-22)20(23)21-18-12-6-7-13-19(18)26-17-10-4-3-5-11-17/h3-7,10-13,16H,2,8-9,14-15H2,1H3,(H,21,23)/t16-/m0/s1. The summed E-state index contributed by atoms with van der Waals surface area (Å²) in [7, 11) is -3.26.